The molecule has 0 bridgehead atoms. The zero-order valence-electron chi connectivity index (χ0n) is 11.3. The third-order valence-electron chi connectivity index (χ3n) is 3.13. The van der Waals surface area contributed by atoms with Gasteiger partial charge in [-0.2, -0.15) is 0 Å². The van der Waals surface area contributed by atoms with Crippen LogP contribution in [-0.4, -0.2) is 56.3 Å². The Kier molecular flexibility index (Phi) is 4.34. The van der Waals surface area contributed by atoms with Gasteiger partial charge in [0.05, 0.1) is 17.6 Å². The number of morpholine rings is 1. The fourth-order valence-corrected chi connectivity index (χ4v) is 2.26. The Morgan fingerprint density at radius 3 is 2.68 bits per heavy atom. The van der Waals surface area contributed by atoms with Crippen LogP contribution >= 0.6 is 0 Å². The van der Waals surface area contributed by atoms with Crippen molar-refractivity contribution < 1.29 is 9.66 Å². The van der Waals surface area contributed by atoms with Crippen LogP contribution in [0, 0.1) is 10.1 Å². The van der Waals surface area contributed by atoms with Gasteiger partial charge in [-0.15, -0.1) is 0 Å². The van der Waals surface area contributed by atoms with Gasteiger partial charge in [0, 0.05) is 37.5 Å². The first-order valence-corrected chi connectivity index (χ1v) is 6.32. The monoisotopic (exact) mass is 265 g/mol. The van der Waals surface area contributed by atoms with Crippen LogP contribution in [0.1, 0.15) is 0 Å². The number of ether oxygens (including phenoxy) is 1. The lowest BCUT2D eigenvalue weighted by molar-refractivity contribution is -0.384. The van der Waals surface area contributed by atoms with Gasteiger partial charge < -0.3 is 14.5 Å². The molecule has 1 heterocycles. The minimum absolute atomic E-state index is 0.127. The third kappa shape index (κ3) is 3.65. The number of non-ortho nitro benzene ring substituents is 1. The summed E-state index contributed by atoms with van der Waals surface area (Å²) in [6.45, 7) is 3.21. The van der Waals surface area contributed by atoms with Crippen molar-refractivity contribution in [2.75, 3.05) is 45.2 Å². The second-order valence-electron chi connectivity index (χ2n) is 4.97. The highest BCUT2D eigenvalue weighted by Crippen LogP contribution is 2.21. The quantitative estimate of drug-likeness (QED) is 0.607. The molecule has 0 aliphatic carbocycles. The average Bonchev–Trinajstić information content (AvgIpc) is 2.38. The molecule has 0 amide bonds. The molecule has 0 spiro atoms. The number of nitrogens with zero attached hydrogens (tertiary/aromatic N) is 3. The van der Waals surface area contributed by atoms with Crippen LogP contribution in [0.4, 0.5) is 11.4 Å². The summed E-state index contributed by atoms with van der Waals surface area (Å²) < 4.78 is 5.71. The molecule has 6 heteroatoms. The summed E-state index contributed by atoms with van der Waals surface area (Å²) in [6.07, 6.45) is 0.180. The topological polar surface area (TPSA) is 58.9 Å². The number of benzene rings is 1. The molecule has 104 valence electrons. The molecule has 1 fully saturated rings. The fraction of sp³-hybridized carbons (Fsp3) is 0.538. The Balaban J connectivity index is 2.02. The molecule has 1 aliphatic rings. The Bertz CT molecular complexity index is 433. The van der Waals surface area contributed by atoms with Crippen molar-refractivity contribution >= 4 is 11.4 Å². The van der Waals surface area contributed by atoms with E-state index in [1.807, 2.05) is 14.1 Å². The van der Waals surface area contributed by atoms with E-state index in [-0.39, 0.29) is 16.7 Å². The van der Waals surface area contributed by atoms with E-state index in [2.05, 4.69) is 9.80 Å². The molecule has 0 N–H and O–H groups in total. The highest BCUT2D eigenvalue weighted by molar-refractivity contribution is 5.51. The highest BCUT2D eigenvalue weighted by atomic mass is 16.6. The van der Waals surface area contributed by atoms with Crippen molar-refractivity contribution in [3.63, 3.8) is 0 Å². The van der Waals surface area contributed by atoms with Crippen LogP contribution in [0.2, 0.25) is 0 Å². The van der Waals surface area contributed by atoms with E-state index >= 15 is 0 Å². The zero-order valence-corrected chi connectivity index (χ0v) is 11.3. The van der Waals surface area contributed by atoms with E-state index in [9.17, 15) is 10.1 Å². The standard InChI is InChI=1S/C13H19N3O3/c1-14(2)9-13-10-15(7-8-19-13)11-3-5-12(6-4-11)16(17)18/h3-6,13H,7-10H2,1-2H3/t13-/m0/s1. The molecule has 0 aromatic heterocycles. The lowest BCUT2D eigenvalue weighted by Crippen LogP contribution is -2.46. The summed E-state index contributed by atoms with van der Waals surface area (Å²) in [4.78, 5) is 14.6. The van der Waals surface area contributed by atoms with Gasteiger partial charge in [0.15, 0.2) is 0 Å². The Morgan fingerprint density at radius 2 is 2.11 bits per heavy atom. The van der Waals surface area contributed by atoms with E-state index in [0.29, 0.717) is 6.61 Å². The number of hydrogen-bond acceptors (Lipinski definition) is 5. The molecule has 2 rings (SSSR count). The molecule has 0 radical (unpaired) electrons. The van der Waals surface area contributed by atoms with Crippen LogP contribution in [-0.2, 0) is 4.74 Å². The smallest absolute Gasteiger partial charge is 0.269 e. The second kappa shape index (κ2) is 5.99. The SMILES string of the molecule is CN(C)C[C@H]1CN(c2ccc([N+](=O)[O-])cc2)CCO1. The maximum Gasteiger partial charge on any atom is 0.269 e. The number of nitro benzene ring substituents is 1. The number of anilines is 1. The van der Waals surface area contributed by atoms with Gasteiger partial charge in [0.1, 0.15) is 0 Å². The van der Waals surface area contributed by atoms with Gasteiger partial charge in [-0.05, 0) is 26.2 Å². The first-order chi connectivity index (χ1) is 9.06. The summed E-state index contributed by atoms with van der Waals surface area (Å²) in [7, 11) is 4.04. The first kappa shape index (κ1) is 13.8. The van der Waals surface area contributed by atoms with Crippen LogP contribution in [0.25, 0.3) is 0 Å². The molecule has 6 nitrogen and oxygen atoms in total. The van der Waals surface area contributed by atoms with Gasteiger partial charge in [-0.25, -0.2) is 0 Å². The molecule has 1 aliphatic heterocycles. The van der Waals surface area contributed by atoms with Gasteiger partial charge >= 0.3 is 0 Å². The van der Waals surface area contributed by atoms with Crippen molar-refractivity contribution in [1.82, 2.24) is 4.90 Å². The van der Waals surface area contributed by atoms with E-state index in [4.69, 9.17) is 4.74 Å². The van der Waals surface area contributed by atoms with Crippen molar-refractivity contribution in [3.8, 4) is 0 Å². The number of nitro groups is 1. The van der Waals surface area contributed by atoms with Crippen LogP contribution in [0.15, 0.2) is 24.3 Å². The van der Waals surface area contributed by atoms with Gasteiger partial charge in [-0.1, -0.05) is 0 Å². The van der Waals surface area contributed by atoms with Gasteiger partial charge in [0.2, 0.25) is 0 Å². The third-order valence-corrected chi connectivity index (χ3v) is 3.13. The highest BCUT2D eigenvalue weighted by Gasteiger charge is 2.21. The maximum atomic E-state index is 10.6. The second-order valence-corrected chi connectivity index (χ2v) is 4.97. The first-order valence-electron chi connectivity index (χ1n) is 6.32. The number of rotatable bonds is 4. The Labute approximate surface area is 112 Å². The molecular formula is C13H19N3O3. The Hall–Kier alpha value is -1.66. The van der Waals surface area contributed by atoms with Crippen molar-refractivity contribution in [1.29, 1.82) is 0 Å². The number of hydrogen-bond donors (Lipinski definition) is 0. The summed E-state index contributed by atoms with van der Waals surface area (Å²) in [5.41, 5.74) is 1.14. The minimum Gasteiger partial charge on any atom is -0.373 e. The maximum absolute atomic E-state index is 10.6. The van der Waals surface area contributed by atoms with Crippen molar-refractivity contribution in [3.05, 3.63) is 34.4 Å². The summed E-state index contributed by atoms with van der Waals surface area (Å²) >= 11 is 0. The van der Waals surface area contributed by atoms with E-state index < -0.39 is 0 Å². The molecule has 0 saturated carbocycles. The largest absolute Gasteiger partial charge is 0.373 e. The van der Waals surface area contributed by atoms with E-state index in [0.717, 1.165) is 25.3 Å². The molecular weight excluding hydrogens is 246 g/mol. The lowest BCUT2D eigenvalue weighted by atomic mass is 10.2. The summed E-state index contributed by atoms with van der Waals surface area (Å²) in [5.74, 6) is 0. The lowest BCUT2D eigenvalue weighted by Gasteiger charge is -2.35. The molecule has 1 saturated heterocycles. The van der Waals surface area contributed by atoms with Gasteiger partial charge in [-0.3, -0.25) is 10.1 Å². The molecule has 1 aromatic rings. The predicted octanol–water partition coefficient (Wildman–Crippen LogP) is 1.36. The van der Waals surface area contributed by atoms with Crippen molar-refractivity contribution in [2.45, 2.75) is 6.10 Å². The average molecular weight is 265 g/mol. The van der Waals surface area contributed by atoms with Gasteiger partial charge in [0.25, 0.3) is 5.69 Å². The molecule has 1 aromatic carbocycles. The van der Waals surface area contributed by atoms with Crippen LogP contribution in [0.5, 0.6) is 0 Å². The predicted molar refractivity (Wildman–Crippen MR) is 73.6 cm³/mol. The molecule has 1 atom stereocenters. The minimum atomic E-state index is -0.377. The number of likely N-dealkylation sites (N-methyl/N-ethyl adjacent to an activating group) is 1. The summed E-state index contributed by atoms with van der Waals surface area (Å²) in [5, 5.41) is 10.6. The zero-order chi connectivity index (χ0) is 13.8. The van der Waals surface area contributed by atoms with E-state index in [1.165, 1.54) is 0 Å². The Morgan fingerprint density at radius 1 is 1.42 bits per heavy atom. The normalized spacial score (nSPS) is 19.7. The molecule has 0 unspecified atom stereocenters. The summed E-state index contributed by atoms with van der Waals surface area (Å²) in [6, 6.07) is 6.70. The van der Waals surface area contributed by atoms with Crippen LogP contribution in [0.3, 0.4) is 0 Å². The molecule has 19 heavy (non-hydrogen) atoms. The van der Waals surface area contributed by atoms with Crippen molar-refractivity contribution in [2.24, 2.45) is 0 Å². The fourth-order valence-electron chi connectivity index (χ4n) is 2.26. The van der Waals surface area contributed by atoms with Crippen LogP contribution < -0.4 is 4.90 Å². The van der Waals surface area contributed by atoms with E-state index in [1.54, 1.807) is 24.3 Å².